The maximum atomic E-state index is 13.2. The highest BCUT2D eigenvalue weighted by atomic mass is 32.2. The predicted octanol–water partition coefficient (Wildman–Crippen LogP) is 3.99. The minimum atomic E-state index is -4.04. The number of anilines is 1. The number of hydrogen-bond donors (Lipinski definition) is 2. The molecule has 1 aromatic heterocycles. The van der Waals surface area contributed by atoms with Crippen molar-refractivity contribution in [1.82, 2.24) is 15.3 Å². The third-order valence-corrected chi connectivity index (χ3v) is 7.69. The zero-order valence-electron chi connectivity index (χ0n) is 19.0. The molecule has 1 amide bonds. The molecular formula is C25H26N4O4S. The van der Waals surface area contributed by atoms with Crippen molar-refractivity contribution in [1.29, 1.82) is 0 Å². The number of hydrogen-bond acceptors (Lipinski definition) is 6. The molecule has 9 heteroatoms. The first-order chi connectivity index (χ1) is 16.3. The number of carbonyl (C=O) groups is 1. The fraction of sp³-hybridized carbons (Fsp3) is 0.320. The van der Waals surface area contributed by atoms with Crippen molar-refractivity contribution >= 4 is 21.9 Å². The monoisotopic (exact) mass is 478 g/mol. The molecule has 0 radical (unpaired) electrons. The Kier molecular flexibility index (Phi) is 5.73. The lowest BCUT2D eigenvalue weighted by molar-refractivity contribution is 0.0890. The molecular weight excluding hydrogens is 452 g/mol. The average molecular weight is 479 g/mol. The molecule has 6 rings (SSSR count). The van der Waals surface area contributed by atoms with Gasteiger partial charge in [0.2, 0.25) is 11.8 Å². The third-order valence-electron chi connectivity index (χ3n) is 6.37. The van der Waals surface area contributed by atoms with Crippen LogP contribution < -0.4 is 14.8 Å². The standard InChI is InChI=1S/C25H26N4O4S/c1-15-5-3-6-16(2)23(15)21-14-22-28-25(27-21)29-34(31,32)20-8-4-7-17(13-20)24(30)26-18-9-11-19(33-22)12-10-18/h3-8,13-14,18-19H,9-12H2,1-2H3,(H,26,30)(H,27,28,29). The van der Waals surface area contributed by atoms with Crippen LogP contribution in [0.1, 0.15) is 47.2 Å². The number of benzene rings is 2. The highest BCUT2D eigenvalue weighted by molar-refractivity contribution is 7.92. The van der Waals surface area contributed by atoms with Crippen LogP contribution in [0.3, 0.4) is 0 Å². The molecule has 3 heterocycles. The molecule has 0 saturated heterocycles. The van der Waals surface area contributed by atoms with Crippen LogP contribution in [-0.2, 0) is 10.0 Å². The molecule has 2 aromatic carbocycles. The number of nitrogens with one attached hydrogen (secondary N) is 2. The number of fused-ring (bicyclic) bond motifs is 4. The molecule has 1 fully saturated rings. The van der Waals surface area contributed by atoms with Crippen LogP contribution in [0.4, 0.5) is 5.95 Å². The Hall–Kier alpha value is -3.46. The predicted molar refractivity (Wildman–Crippen MR) is 128 cm³/mol. The third kappa shape index (κ3) is 4.48. The number of rotatable bonds is 1. The molecule has 0 spiro atoms. The second-order valence-electron chi connectivity index (χ2n) is 8.88. The Balaban J connectivity index is 1.64. The van der Waals surface area contributed by atoms with Crippen molar-refractivity contribution in [3.8, 4) is 17.1 Å². The van der Waals surface area contributed by atoms with Gasteiger partial charge < -0.3 is 10.1 Å². The van der Waals surface area contributed by atoms with Gasteiger partial charge >= 0.3 is 0 Å². The van der Waals surface area contributed by atoms with Gasteiger partial charge in [-0.05, 0) is 68.9 Å². The molecule has 3 aromatic rings. The minimum Gasteiger partial charge on any atom is -0.474 e. The smallest absolute Gasteiger partial charge is 0.264 e. The number of ether oxygens (including phenoxy) is 1. The zero-order valence-corrected chi connectivity index (χ0v) is 19.9. The van der Waals surface area contributed by atoms with Crippen LogP contribution in [0.15, 0.2) is 53.4 Å². The number of sulfonamides is 1. The van der Waals surface area contributed by atoms with Crippen molar-refractivity contribution in [2.45, 2.75) is 56.6 Å². The summed E-state index contributed by atoms with van der Waals surface area (Å²) < 4.78 is 35.0. The Morgan fingerprint density at radius 3 is 2.38 bits per heavy atom. The second kappa shape index (κ2) is 8.72. The number of aromatic nitrogens is 2. The van der Waals surface area contributed by atoms with Crippen molar-refractivity contribution in [2.75, 3.05) is 4.72 Å². The van der Waals surface area contributed by atoms with Crippen LogP contribution >= 0.6 is 0 Å². The fourth-order valence-corrected chi connectivity index (χ4v) is 5.61. The van der Waals surface area contributed by atoms with E-state index in [1.807, 2.05) is 32.0 Å². The number of nitrogens with zero attached hydrogens (tertiary/aromatic N) is 2. The largest absolute Gasteiger partial charge is 0.474 e. The van der Waals surface area contributed by atoms with Gasteiger partial charge in [0, 0.05) is 23.2 Å². The Labute approximate surface area is 198 Å². The van der Waals surface area contributed by atoms with E-state index in [9.17, 15) is 13.2 Å². The number of carbonyl (C=O) groups excluding carboxylic acids is 1. The molecule has 1 saturated carbocycles. The van der Waals surface area contributed by atoms with Crippen LogP contribution in [0, 0.1) is 13.8 Å². The SMILES string of the molecule is Cc1cccc(C)c1-c1cc2nc(n1)NS(=O)(=O)c1cccc(c1)C(=O)NC1CCC(CC1)O2. The summed E-state index contributed by atoms with van der Waals surface area (Å²) in [7, 11) is -4.04. The maximum absolute atomic E-state index is 13.2. The summed E-state index contributed by atoms with van der Waals surface area (Å²) in [5.74, 6) is -0.0413. The van der Waals surface area contributed by atoms with E-state index in [0.717, 1.165) is 42.4 Å². The highest BCUT2D eigenvalue weighted by Gasteiger charge is 2.27. The van der Waals surface area contributed by atoms with Gasteiger partial charge in [-0.2, -0.15) is 4.98 Å². The van der Waals surface area contributed by atoms with Gasteiger partial charge in [-0.15, -0.1) is 0 Å². The summed E-state index contributed by atoms with van der Waals surface area (Å²) in [6, 6.07) is 13.7. The summed E-state index contributed by atoms with van der Waals surface area (Å²) in [4.78, 5) is 21.6. The van der Waals surface area contributed by atoms with E-state index in [2.05, 4.69) is 20.0 Å². The van der Waals surface area contributed by atoms with Crippen molar-refractivity contribution in [2.24, 2.45) is 0 Å². The molecule has 1 aliphatic carbocycles. The molecule has 2 aliphatic heterocycles. The van der Waals surface area contributed by atoms with E-state index in [1.165, 1.54) is 12.1 Å². The second-order valence-corrected chi connectivity index (χ2v) is 10.6. The molecule has 176 valence electrons. The first kappa shape index (κ1) is 22.3. The van der Waals surface area contributed by atoms with E-state index in [0.29, 0.717) is 17.1 Å². The number of amides is 1. The summed E-state index contributed by atoms with van der Waals surface area (Å²) in [6.07, 6.45) is 2.98. The first-order valence-corrected chi connectivity index (χ1v) is 12.8. The van der Waals surface area contributed by atoms with Gasteiger partial charge in [-0.3, -0.25) is 4.79 Å². The van der Waals surface area contributed by atoms with Crippen molar-refractivity contribution < 1.29 is 17.9 Å². The minimum absolute atomic E-state index is 0.0157. The molecule has 0 unspecified atom stereocenters. The maximum Gasteiger partial charge on any atom is 0.264 e. The van der Waals surface area contributed by atoms with Gasteiger partial charge in [-0.25, -0.2) is 18.1 Å². The van der Waals surface area contributed by atoms with E-state index >= 15 is 0 Å². The van der Waals surface area contributed by atoms with Gasteiger partial charge in [-0.1, -0.05) is 24.3 Å². The number of aryl methyl sites for hydroxylation is 2. The molecule has 0 atom stereocenters. The van der Waals surface area contributed by atoms with Crippen molar-refractivity contribution in [3.05, 3.63) is 65.2 Å². The van der Waals surface area contributed by atoms with Gasteiger partial charge in [0.15, 0.2) is 0 Å². The van der Waals surface area contributed by atoms with E-state index < -0.39 is 10.0 Å². The lowest BCUT2D eigenvalue weighted by atomic mass is 9.92. The summed E-state index contributed by atoms with van der Waals surface area (Å²) in [5.41, 5.74) is 3.82. The first-order valence-electron chi connectivity index (χ1n) is 11.3. The molecule has 2 N–H and O–H groups in total. The summed E-state index contributed by atoms with van der Waals surface area (Å²) >= 11 is 0. The Morgan fingerprint density at radius 1 is 0.941 bits per heavy atom. The molecule has 6 bridgehead atoms. The molecule has 34 heavy (non-hydrogen) atoms. The van der Waals surface area contributed by atoms with Gasteiger partial charge in [0.05, 0.1) is 10.6 Å². The van der Waals surface area contributed by atoms with E-state index in [4.69, 9.17) is 4.74 Å². The van der Waals surface area contributed by atoms with E-state index in [-0.39, 0.29) is 28.9 Å². The Bertz CT molecular complexity index is 1340. The zero-order chi connectivity index (χ0) is 23.9. The summed E-state index contributed by atoms with van der Waals surface area (Å²) in [6.45, 7) is 3.97. The van der Waals surface area contributed by atoms with Gasteiger partial charge in [0.25, 0.3) is 15.9 Å². The lowest BCUT2D eigenvalue weighted by Crippen LogP contribution is -2.39. The topological polar surface area (TPSA) is 110 Å². The average Bonchev–Trinajstić information content (AvgIpc) is 2.79. The fourth-order valence-electron chi connectivity index (χ4n) is 4.63. The lowest BCUT2D eigenvalue weighted by Gasteiger charge is -2.29. The summed E-state index contributed by atoms with van der Waals surface area (Å²) in [5, 5.41) is 3.02. The van der Waals surface area contributed by atoms with Crippen LogP contribution in [0.2, 0.25) is 0 Å². The highest BCUT2D eigenvalue weighted by Crippen LogP contribution is 2.31. The quantitative estimate of drug-likeness (QED) is 0.547. The van der Waals surface area contributed by atoms with Crippen LogP contribution in [0.25, 0.3) is 11.3 Å². The Morgan fingerprint density at radius 2 is 1.65 bits per heavy atom. The molecule has 8 nitrogen and oxygen atoms in total. The van der Waals surface area contributed by atoms with Crippen molar-refractivity contribution in [3.63, 3.8) is 0 Å². The van der Waals surface area contributed by atoms with Crippen LogP contribution in [0.5, 0.6) is 5.88 Å². The van der Waals surface area contributed by atoms with Gasteiger partial charge in [0.1, 0.15) is 6.10 Å². The molecule has 3 aliphatic rings. The normalized spacial score (nSPS) is 21.4. The van der Waals surface area contributed by atoms with E-state index in [1.54, 1.807) is 18.2 Å². The van der Waals surface area contributed by atoms with Crippen LogP contribution in [-0.4, -0.2) is 36.4 Å².